The minimum Gasteiger partial charge on any atom is -0.466 e. The summed E-state index contributed by atoms with van der Waals surface area (Å²) in [4.78, 5) is 24.5. The van der Waals surface area contributed by atoms with Crippen molar-refractivity contribution in [2.75, 3.05) is 13.2 Å². The fourth-order valence-electron chi connectivity index (χ4n) is 12.0. The van der Waals surface area contributed by atoms with E-state index in [1.165, 1.54) is 347 Å². The van der Waals surface area contributed by atoms with Crippen LogP contribution in [0.4, 0.5) is 0 Å². The highest BCUT2D eigenvalue weighted by Gasteiger charge is 2.20. The molecule has 0 aliphatic carbocycles. The number of allylic oxidation sites excluding steroid dienone is 4. The number of unbranched alkanes of at least 4 members (excludes halogenated alkanes) is 56. The number of hydrogen-bond acceptors (Lipinski definition) is 5. The average Bonchev–Trinajstić information content (AvgIpc) is 3.48. The van der Waals surface area contributed by atoms with Crippen molar-refractivity contribution in [2.45, 2.75) is 437 Å². The first-order chi connectivity index (χ1) is 40.5. The Morgan fingerprint density at radius 1 is 0.341 bits per heavy atom. The van der Waals surface area contributed by atoms with Gasteiger partial charge in [-0.1, -0.05) is 378 Å². The van der Waals surface area contributed by atoms with Gasteiger partial charge in [0.1, 0.15) is 0 Å². The van der Waals surface area contributed by atoms with E-state index in [1.807, 2.05) is 0 Å². The Balaban J connectivity index is 3.33. The van der Waals surface area contributed by atoms with Gasteiger partial charge >= 0.3 is 5.97 Å². The molecule has 0 heterocycles. The summed E-state index contributed by atoms with van der Waals surface area (Å²) in [6.07, 6.45) is 91.2. The standard InChI is InChI=1S/C76H147NO5/c1-3-5-7-9-11-13-15-17-46-50-54-58-62-66-70-76(81)82-71-67-63-59-55-51-47-44-42-40-38-36-34-32-30-28-26-24-22-20-18-19-21-23-25-27-29-31-33-35-37-39-41-43-45-49-53-57-61-65-69-75(80)77-73(72-78)74(79)68-64-60-56-52-48-16-14-12-10-8-6-4-2/h18-19,22,24,73-74,78-79H,3-17,20-21,23,25-72H2,1-2H3,(H,77,80)/b19-18-,24-22-. The molecule has 1 amide bonds. The molecule has 0 rings (SSSR count). The zero-order valence-electron chi connectivity index (χ0n) is 55.8. The number of aliphatic hydroxyl groups excluding tert-OH is 2. The molecule has 0 aromatic heterocycles. The van der Waals surface area contributed by atoms with Crippen molar-refractivity contribution in [3.05, 3.63) is 24.3 Å². The second-order valence-corrected chi connectivity index (χ2v) is 26.0. The number of rotatable bonds is 71. The van der Waals surface area contributed by atoms with Crippen LogP contribution in [0.1, 0.15) is 425 Å². The summed E-state index contributed by atoms with van der Waals surface area (Å²) in [5.41, 5.74) is 0. The number of carbonyl (C=O) groups excluding carboxylic acids is 2. The van der Waals surface area contributed by atoms with Crippen molar-refractivity contribution in [2.24, 2.45) is 0 Å². The van der Waals surface area contributed by atoms with Crippen LogP contribution in [0, 0.1) is 0 Å². The fourth-order valence-corrected chi connectivity index (χ4v) is 12.0. The minimum atomic E-state index is -0.660. The highest BCUT2D eigenvalue weighted by atomic mass is 16.5. The first-order valence-corrected chi connectivity index (χ1v) is 37.6. The zero-order valence-corrected chi connectivity index (χ0v) is 55.8. The van der Waals surface area contributed by atoms with E-state index in [-0.39, 0.29) is 18.5 Å². The predicted octanol–water partition coefficient (Wildman–Crippen LogP) is 24.5. The molecule has 0 aromatic carbocycles. The molecular weight excluding hydrogens is 1010 g/mol. The molecule has 0 aromatic rings. The topological polar surface area (TPSA) is 95.9 Å². The van der Waals surface area contributed by atoms with Crippen LogP contribution in [0.2, 0.25) is 0 Å². The number of ether oxygens (including phenoxy) is 1. The lowest BCUT2D eigenvalue weighted by molar-refractivity contribution is -0.143. The molecule has 6 heteroatoms. The Hall–Kier alpha value is -1.66. The van der Waals surface area contributed by atoms with E-state index in [0.29, 0.717) is 25.9 Å². The van der Waals surface area contributed by atoms with E-state index in [4.69, 9.17) is 4.74 Å². The van der Waals surface area contributed by atoms with Crippen LogP contribution < -0.4 is 5.32 Å². The summed E-state index contributed by atoms with van der Waals surface area (Å²) in [6, 6.07) is -0.538. The molecular formula is C76H147NO5. The second-order valence-electron chi connectivity index (χ2n) is 26.0. The molecule has 2 unspecified atom stereocenters. The molecule has 486 valence electrons. The van der Waals surface area contributed by atoms with Gasteiger partial charge in [-0.15, -0.1) is 0 Å². The van der Waals surface area contributed by atoms with Gasteiger partial charge in [-0.25, -0.2) is 0 Å². The number of esters is 1. The van der Waals surface area contributed by atoms with Crippen LogP contribution in [0.3, 0.4) is 0 Å². The summed E-state index contributed by atoms with van der Waals surface area (Å²) in [5, 5.41) is 23.3. The Morgan fingerprint density at radius 2 is 0.610 bits per heavy atom. The molecule has 0 fully saturated rings. The van der Waals surface area contributed by atoms with Gasteiger partial charge < -0.3 is 20.3 Å². The van der Waals surface area contributed by atoms with Gasteiger partial charge in [0.2, 0.25) is 5.91 Å². The smallest absolute Gasteiger partial charge is 0.305 e. The third-order valence-electron chi connectivity index (χ3n) is 17.8. The normalized spacial score (nSPS) is 12.6. The van der Waals surface area contributed by atoms with Crippen LogP contribution in [0.5, 0.6) is 0 Å². The van der Waals surface area contributed by atoms with Crippen LogP contribution in [0.15, 0.2) is 24.3 Å². The van der Waals surface area contributed by atoms with Crippen molar-refractivity contribution in [3.63, 3.8) is 0 Å². The van der Waals surface area contributed by atoms with Crippen molar-refractivity contribution >= 4 is 11.9 Å². The third kappa shape index (κ3) is 67.5. The van der Waals surface area contributed by atoms with Gasteiger partial charge in [-0.3, -0.25) is 9.59 Å². The monoisotopic (exact) mass is 1150 g/mol. The second kappa shape index (κ2) is 71.8. The highest BCUT2D eigenvalue weighted by Crippen LogP contribution is 2.19. The fraction of sp³-hybridized carbons (Fsp3) is 0.921. The molecule has 0 spiro atoms. The van der Waals surface area contributed by atoms with E-state index in [1.54, 1.807) is 0 Å². The molecule has 0 radical (unpaired) electrons. The Kier molecular flexibility index (Phi) is 70.4. The predicted molar refractivity (Wildman–Crippen MR) is 361 cm³/mol. The summed E-state index contributed by atoms with van der Waals surface area (Å²) in [6.45, 7) is 4.99. The van der Waals surface area contributed by atoms with Crippen LogP contribution in [0.25, 0.3) is 0 Å². The lowest BCUT2D eigenvalue weighted by Crippen LogP contribution is -2.45. The maximum absolute atomic E-state index is 12.5. The molecule has 82 heavy (non-hydrogen) atoms. The highest BCUT2D eigenvalue weighted by molar-refractivity contribution is 5.76. The Labute approximate surface area is 513 Å². The maximum atomic E-state index is 12.5. The van der Waals surface area contributed by atoms with E-state index >= 15 is 0 Å². The molecule has 6 nitrogen and oxygen atoms in total. The molecule has 0 aliphatic rings. The van der Waals surface area contributed by atoms with Gasteiger partial charge in [0.15, 0.2) is 0 Å². The molecule has 0 saturated heterocycles. The summed E-state index contributed by atoms with van der Waals surface area (Å²) < 4.78 is 5.50. The van der Waals surface area contributed by atoms with Gasteiger partial charge in [-0.2, -0.15) is 0 Å². The quantitative estimate of drug-likeness (QED) is 0.0320. The van der Waals surface area contributed by atoms with Crippen molar-refractivity contribution in [3.8, 4) is 0 Å². The lowest BCUT2D eigenvalue weighted by Gasteiger charge is -2.22. The summed E-state index contributed by atoms with van der Waals surface area (Å²) >= 11 is 0. The van der Waals surface area contributed by atoms with E-state index < -0.39 is 12.1 Å². The summed E-state index contributed by atoms with van der Waals surface area (Å²) in [5.74, 6) is -0.00681. The van der Waals surface area contributed by atoms with E-state index in [9.17, 15) is 19.8 Å². The van der Waals surface area contributed by atoms with Crippen LogP contribution >= 0.6 is 0 Å². The molecule has 3 N–H and O–H groups in total. The maximum Gasteiger partial charge on any atom is 0.305 e. The lowest BCUT2D eigenvalue weighted by atomic mass is 10.0. The largest absolute Gasteiger partial charge is 0.466 e. The van der Waals surface area contributed by atoms with Crippen molar-refractivity contribution in [1.82, 2.24) is 5.32 Å². The first kappa shape index (κ1) is 80.3. The molecule has 2 atom stereocenters. The van der Waals surface area contributed by atoms with Crippen LogP contribution in [-0.4, -0.2) is 47.4 Å². The minimum absolute atomic E-state index is 0.0233. The first-order valence-electron chi connectivity index (χ1n) is 37.6. The number of aliphatic hydroxyl groups is 2. The number of carbonyl (C=O) groups is 2. The van der Waals surface area contributed by atoms with Crippen molar-refractivity contribution < 1.29 is 24.5 Å². The summed E-state index contributed by atoms with van der Waals surface area (Å²) in [7, 11) is 0. The Morgan fingerprint density at radius 3 is 0.927 bits per heavy atom. The van der Waals surface area contributed by atoms with Crippen LogP contribution in [-0.2, 0) is 14.3 Å². The number of nitrogens with one attached hydrogen (secondary N) is 1. The molecule has 0 bridgehead atoms. The van der Waals surface area contributed by atoms with Gasteiger partial charge in [0.25, 0.3) is 0 Å². The van der Waals surface area contributed by atoms with E-state index in [2.05, 4.69) is 43.5 Å². The number of amides is 1. The molecule has 0 aliphatic heterocycles. The van der Waals surface area contributed by atoms with Gasteiger partial charge in [-0.05, 0) is 57.8 Å². The van der Waals surface area contributed by atoms with Gasteiger partial charge in [0, 0.05) is 12.8 Å². The SMILES string of the molecule is CCCCCCCCCCCCCCCCC(=O)OCCCCCCCCCCCCCCCCC/C=C\C/C=C\CCCCCCCCCCCCCCCCCCCC(=O)NC(CO)C(O)CCCCCCCCCCCCCC. The Bertz CT molecular complexity index is 1280. The van der Waals surface area contributed by atoms with Gasteiger partial charge in [0.05, 0.1) is 25.4 Å². The zero-order chi connectivity index (χ0) is 59.2. The third-order valence-corrected chi connectivity index (χ3v) is 17.8. The van der Waals surface area contributed by atoms with Crippen molar-refractivity contribution in [1.29, 1.82) is 0 Å². The number of hydrogen-bond donors (Lipinski definition) is 3. The molecule has 0 saturated carbocycles. The van der Waals surface area contributed by atoms with E-state index in [0.717, 1.165) is 44.9 Å². The average molecular weight is 1160 g/mol.